The monoisotopic (exact) mass is 373 g/mol. The van der Waals surface area contributed by atoms with Crippen molar-refractivity contribution in [3.05, 3.63) is 63.4 Å². The minimum Gasteiger partial charge on any atom is -0.369 e. The van der Waals surface area contributed by atoms with Crippen molar-refractivity contribution in [3.8, 4) is 5.69 Å². The van der Waals surface area contributed by atoms with Gasteiger partial charge in [-0.15, -0.1) is 0 Å². The lowest BCUT2D eigenvalue weighted by Crippen LogP contribution is -2.26. The van der Waals surface area contributed by atoms with Crippen LogP contribution in [0.4, 0.5) is 0 Å². The fourth-order valence-corrected chi connectivity index (χ4v) is 3.50. The van der Waals surface area contributed by atoms with Crippen LogP contribution in [0.25, 0.3) is 16.6 Å². The van der Waals surface area contributed by atoms with Gasteiger partial charge in [0, 0.05) is 5.02 Å². The van der Waals surface area contributed by atoms with E-state index in [1.54, 1.807) is 43.3 Å². The van der Waals surface area contributed by atoms with E-state index in [9.17, 15) is 9.59 Å². The second-order valence-electron chi connectivity index (χ2n) is 5.60. The molecule has 0 unspecified atom stereocenters. The third-order valence-corrected chi connectivity index (χ3v) is 5.39. The van der Waals surface area contributed by atoms with E-state index in [1.807, 2.05) is 13.0 Å². The van der Waals surface area contributed by atoms with Crippen molar-refractivity contribution < 1.29 is 4.79 Å². The van der Waals surface area contributed by atoms with Crippen molar-refractivity contribution in [2.45, 2.75) is 24.3 Å². The molecule has 1 aromatic heterocycles. The van der Waals surface area contributed by atoms with Gasteiger partial charge < -0.3 is 5.73 Å². The molecular formula is C18H16ClN3O2S. The standard InChI is InChI=1S/C18H16ClN3O2S/c1-10-13(19)7-5-9-15(10)22-17(24)12-6-3-4-8-14(12)21-18(22)25-11(2)16(20)23/h3-9,11H,1-2H3,(H2,20,23)/t11-/m1/s1. The van der Waals surface area contributed by atoms with E-state index in [0.717, 1.165) is 17.3 Å². The zero-order chi connectivity index (χ0) is 18.1. The highest BCUT2D eigenvalue weighted by atomic mass is 35.5. The maximum Gasteiger partial charge on any atom is 0.266 e. The summed E-state index contributed by atoms with van der Waals surface area (Å²) < 4.78 is 1.49. The lowest BCUT2D eigenvalue weighted by atomic mass is 10.2. The zero-order valence-electron chi connectivity index (χ0n) is 13.7. The van der Waals surface area contributed by atoms with Gasteiger partial charge >= 0.3 is 0 Å². The lowest BCUT2D eigenvalue weighted by Gasteiger charge is -2.17. The number of nitrogens with two attached hydrogens (primary N) is 1. The third-order valence-electron chi connectivity index (χ3n) is 3.91. The number of fused-ring (bicyclic) bond motifs is 1. The number of hydrogen-bond acceptors (Lipinski definition) is 4. The first-order valence-corrected chi connectivity index (χ1v) is 8.89. The van der Waals surface area contributed by atoms with Crippen molar-refractivity contribution in [2.75, 3.05) is 0 Å². The predicted octanol–water partition coefficient (Wildman–Crippen LogP) is 3.31. The highest BCUT2D eigenvalue weighted by Gasteiger charge is 2.19. The van der Waals surface area contributed by atoms with Gasteiger partial charge in [-0.2, -0.15) is 0 Å². The van der Waals surface area contributed by atoms with Crippen LogP contribution in [0.1, 0.15) is 12.5 Å². The Labute approximate surface area is 153 Å². The molecule has 0 spiro atoms. The number of thioether (sulfide) groups is 1. The summed E-state index contributed by atoms with van der Waals surface area (Å²) in [7, 11) is 0. The first-order chi connectivity index (χ1) is 11.9. The van der Waals surface area contributed by atoms with E-state index >= 15 is 0 Å². The molecule has 1 amide bonds. The van der Waals surface area contributed by atoms with Gasteiger partial charge in [0.1, 0.15) is 0 Å². The van der Waals surface area contributed by atoms with Crippen molar-refractivity contribution in [1.29, 1.82) is 0 Å². The number of halogens is 1. The van der Waals surface area contributed by atoms with Crippen LogP contribution >= 0.6 is 23.4 Å². The molecule has 3 rings (SSSR count). The number of amides is 1. The minimum atomic E-state index is -0.529. The first-order valence-electron chi connectivity index (χ1n) is 7.63. The Bertz CT molecular complexity index is 1030. The number of carbonyl (C=O) groups is 1. The van der Waals surface area contributed by atoms with Crippen LogP contribution in [0.5, 0.6) is 0 Å². The smallest absolute Gasteiger partial charge is 0.266 e. The highest BCUT2D eigenvalue weighted by molar-refractivity contribution is 8.00. The number of carbonyl (C=O) groups excluding carboxylic acids is 1. The molecule has 0 aliphatic rings. The van der Waals surface area contributed by atoms with Gasteiger partial charge in [0.15, 0.2) is 5.16 Å². The fraction of sp³-hybridized carbons (Fsp3) is 0.167. The van der Waals surface area contributed by atoms with Crippen LogP contribution in [-0.2, 0) is 4.79 Å². The molecule has 5 nitrogen and oxygen atoms in total. The molecule has 7 heteroatoms. The highest BCUT2D eigenvalue weighted by Crippen LogP contribution is 2.28. The summed E-state index contributed by atoms with van der Waals surface area (Å²) in [6.07, 6.45) is 0. The molecule has 0 fully saturated rings. The van der Waals surface area contributed by atoms with Gasteiger partial charge in [0.05, 0.1) is 21.8 Å². The zero-order valence-corrected chi connectivity index (χ0v) is 15.3. The number of nitrogens with zero attached hydrogens (tertiary/aromatic N) is 2. The molecule has 0 saturated carbocycles. The Morgan fingerprint density at radius 2 is 1.96 bits per heavy atom. The Hall–Kier alpha value is -2.31. The Morgan fingerprint density at radius 1 is 1.24 bits per heavy atom. The summed E-state index contributed by atoms with van der Waals surface area (Å²) in [5.74, 6) is -0.471. The number of aromatic nitrogens is 2. The molecule has 2 aromatic carbocycles. The van der Waals surface area contributed by atoms with E-state index in [-0.39, 0.29) is 5.56 Å². The summed E-state index contributed by atoms with van der Waals surface area (Å²) in [6.45, 7) is 3.52. The molecular weight excluding hydrogens is 358 g/mol. The number of hydrogen-bond donors (Lipinski definition) is 1. The molecule has 2 N–H and O–H groups in total. The molecule has 0 saturated heterocycles. The van der Waals surface area contributed by atoms with Crippen molar-refractivity contribution in [1.82, 2.24) is 9.55 Å². The quantitative estimate of drug-likeness (QED) is 0.562. The molecule has 1 heterocycles. The van der Waals surface area contributed by atoms with Gasteiger partial charge in [0.25, 0.3) is 5.56 Å². The maximum atomic E-state index is 13.1. The number of para-hydroxylation sites is 1. The Kier molecular flexibility index (Phi) is 4.83. The van der Waals surface area contributed by atoms with E-state index in [4.69, 9.17) is 17.3 Å². The van der Waals surface area contributed by atoms with E-state index in [0.29, 0.717) is 26.8 Å². The van der Waals surface area contributed by atoms with Crippen LogP contribution in [0.15, 0.2) is 52.4 Å². The molecule has 1 atom stereocenters. The minimum absolute atomic E-state index is 0.213. The summed E-state index contributed by atoms with van der Waals surface area (Å²) in [5.41, 5.74) is 7.14. The van der Waals surface area contributed by atoms with E-state index in [1.165, 1.54) is 4.57 Å². The van der Waals surface area contributed by atoms with Gasteiger partial charge in [-0.05, 0) is 43.7 Å². The van der Waals surface area contributed by atoms with Crippen LogP contribution in [0.2, 0.25) is 5.02 Å². The second kappa shape index (κ2) is 6.90. The summed E-state index contributed by atoms with van der Waals surface area (Å²) in [6, 6.07) is 12.4. The Balaban J connectivity index is 2.34. The normalized spacial score (nSPS) is 12.3. The summed E-state index contributed by atoms with van der Waals surface area (Å²) >= 11 is 7.38. The molecule has 0 aliphatic heterocycles. The van der Waals surface area contributed by atoms with Crippen LogP contribution in [-0.4, -0.2) is 20.7 Å². The predicted molar refractivity (Wildman–Crippen MR) is 102 cm³/mol. The summed E-state index contributed by atoms with van der Waals surface area (Å²) in [4.78, 5) is 29.2. The average molecular weight is 374 g/mol. The van der Waals surface area contributed by atoms with Crippen molar-refractivity contribution >= 4 is 40.2 Å². The third kappa shape index (κ3) is 3.27. The van der Waals surface area contributed by atoms with Gasteiger partial charge in [-0.25, -0.2) is 4.98 Å². The largest absolute Gasteiger partial charge is 0.369 e. The van der Waals surface area contributed by atoms with E-state index < -0.39 is 11.2 Å². The second-order valence-corrected chi connectivity index (χ2v) is 7.31. The molecule has 0 radical (unpaired) electrons. The molecule has 0 aliphatic carbocycles. The molecule has 25 heavy (non-hydrogen) atoms. The molecule has 3 aromatic rings. The SMILES string of the molecule is Cc1c(Cl)cccc1-n1c(S[C@H](C)C(N)=O)nc2ccccc2c1=O. The van der Waals surface area contributed by atoms with Crippen LogP contribution < -0.4 is 11.3 Å². The van der Waals surface area contributed by atoms with Gasteiger partial charge in [0.2, 0.25) is 5.91 Å². The number of primary amides is 1. The fourth-order valence-electron chi connectivity index (χ4n) is 2.46. The lowest BCUT2D eigenvalue weighted by molar-refractivity contribution is -0.117. The first kappa shape index (κ1) is 17.5. The van der Waals surface area contributed by atoms with Gasteiger partial charge in [-0.3, -0.25) is 14.2 Å². The number of rotatable bonds is 4. The average Bonchev–Trinajstić information content (AvgIpc) is 2.58. The van der Waals surface area contributed by atoms with Gasteiger partial charge in [-0.1, -0.05) is 41.6 Å². The molecule has 0 bridgehead atoms. The summed E-state index contributed by atoms with van der Waals surface area (Å²) in [5, 5.41) is 0.925. The molecule has 128 valence electrons. The van der Waals surface area contributed by atoms with Crippen molar-refractivity contribution in [2.24, 2.45) is 5.73 Å². The van der Waals surface area contributed by atoms with Crippen LogP contribution in [0.3, 0.4) is 0 Å². The van der Waals surface area contributed by atoms with Crippen molar-refractivity contribution in [3.63, 3.8) is 0 Å². The van der Waals surface area contributed by atoms with E-state index in [2.05, 4.69) is 4.98 Å². The Morgan fingerprint density at radius 3 is 2.68 bits per heavy atom. The maximum absolute atomic E-state index is 13.1. The topological polar surface area (TPSA) is 78.0 Å². The number of benzene rings is 2. The van der Waals surface area contributed by atoms with Crippen LogP contribution in [0, 0.1) is 6.92 Å².